The van der Waals surface area contributed by atoms with Crippen molar-refractivity contribution >= 4 is 23.4 Å². The predicted octanol–water partition coefficient (Wildman–Crippen LogP) is 4.61. The summed E-state index contributed by atoms with van der Waals surface area (Å²) in [5.41, 5.74) is 9.81. The van der Waals surface area contributed by atoms with Crippen LogP contribution in [0.2, 0.25) is 5.02 Å². The Kier molecular flexibility index (Phi) is 4.92. The van der Waals surface area contributed by atoms with E-state index in [0.29, 0.717) is 0 Å². The van der Waals surface area contributed by atoms with Gasteiger partial charge in [-0.05, 0) is 48.4 Å². The molecule has 0 amide bonds. The molecule has 19 heavy (non-hydrogen) atoms. The van der Waals surface area contributed by atoms with Crippen molar-refractivity contribution in [1.82, 2.24) is 0 Å². The fourth-order valence-electron chi connectivity index (χ4n) is 2.14. The van der Waals surface area contributed by atoms with Crippen LogP contribution in [0, 0.1) is 6.92 Å². The Labute approximate surface area is 124 Å². The van der Waals surface area contributed by atoms with Crippen LogP contribution in [0.5, 0.6) is 0 Å². The fourth-order valence-corrected chi connectivity index (χ4v) is 3.12. The highest BCUT2D eigenvalue weighted by atomic mass is 35.5. The maximum absolute atomic E-state index is 6.34. The zero-order chi connectivity index (χ0) is 13.8. The molecule has 0 aliphatic carbocycles. The molecule has 0 spiro atoms. The van der Waals surface area contributed by atoms with Crippen LogP contribution < -0.4 is 5.73 Å². The van der Waals surface area contributed by atoms with Crippen molar-refractivity contribution in [3.63, 3.8) is 0 Å². The molecule has 100 valence electrons. The molecule has 2 aromatic rings. The Hall–Kier alpha value is -0.960. The molecular formula is C16H18ClNS. The van der Waals surface area contributed by atoms with Gasteiger partial charge >= 0.3 is 0 Å². The summed E-state index contributed by atoms with van der Waals surface area (Å²) in [4.78, 5) is 1.23. The average molecular weight is 292 g/mol. The van der Waals surface area contributed by atoms with Crippen LogP contribution in [0.3, 0.4) is 0 Å². The van der Waals surface area contributed by atoms with E-state index in [-0.39, 0.29) is 6.04 Å². The highest BCUT2D eigenvalue weighted by Crippen LogP contribution is 2.28. The van der Waals surface area contributed by atoms with Crippen molar-refractivity contribution in [2.45, 2.75) is 24.3 Å². The van der Waals surface area contributed by atoms with Crippen LogP contribution in [-0.2, 0) is 6.42 Å². The molecule has 0 radical (unpaired) electrons. The molecule has 0 fully saturated rings. The quantitative estimate of drug-likeness (QED) is 0.832. The standard InChI is InChI=1S/C16H18ClNS/c1-11-7-8-12(14(17)9-11)10-15(18)13-5-3-4-6-16(13)19-2/h3-9,15H,10,18H2,1-2H3. The zero-order valence-electron chi connectivity index (χ0n) is 11.2. The molecule has 1 unspecified atom stereocenters. The normalized spacial score (nSPS) is 12.4. The van der Waals surface area contributed by atoms with Crippen LogP contribution in [-0.4, -0.2) is 6.26 Å². The lowest BCUT2D eigenvalue weighted by Gasteiger charge is -2.16. The van der Waals surface area contributed by atoms with Crippen molar-refractivity contribution < 1.29 is 0 Å². The summed E-state index contributed by atoms with van der Waals surface area (Å²) in [6, 6.07) is 14.4. The molecule has 0 saturated carbocycles. The highest BCUT2D eigenvalue weighted by molar-refractivity contribution is 7.98. The summed E-state index contributed by atoms with van der Waals surface area (Å²) in [5.74, 6) is 0. The number of hydrogen-bond donors (Lipinski definition) is 1. The molecular weight excluding hydrogens is 274 g/mol. The maximum Gasteiger partial charge on any atom is 0.0441 e. The van der Waals surface area contributed by atoms with Crippen molar-refractivity contribution in [2.75, 3.05) is 6.26 Å². The molecule has 2 rings (SSSR count). The number of aryl methyl sites for hydroxylation is 1. The number of hydrogen-bond acceptors (Lipinski definition) is 2. The molecule has 0 bridgehead atoms. The van der Waals surface area contributed by atoms with Crippen molar-refractivity contribution in [3.8, 4) is 0 Å². The molecule has 3 heteroatoms. The minimum atomic E-state index is -0.0242. The van der Waals surface area contributed by atoms with E-state index in [1.54, 1.807) is 11.8 Å². The minimum absolute atomic E-state index is 0.0242. The summed E-state index contributed by atoms with van der Waals surface area (Å²) < 4.78 is 0. The summed E-state index contributed by atoms with van der Waals surface area (Å²) in [7, 11) is 0. The van der Waals surface area contributed by atoms with Gasteiger partial charge in [0.05, 0.1) is 0 Å². The van der Waals surface area contributed by atoms with Crippen LogP contribution in [0.25, 0.3) is 0 Å². The van der Waals surface area contributed by atoms with Gasteiger partial charge in [-0.15, -0.1) is 11.8 Å². The average Bonchev–Trinajstić information content (AvgIpc) is 2.41. The van der Waals surface area contributed by atoms with E-state index >= 15 is 0 Å². The highest BCUT2D eigenvalue weighted by Gasteiger charge is 2.12. The lowest BCUT2D eigenvalue weighted by atomic mass is 9.99. The topological polar surface area (TPSA) is 26.0 Å². The summed E-state index contributed by atoms with van der Waals surface area (Å²) in [5, 5.41) is 0.803. The molecule has 2 N–H and O–H groups in total. The number of thioether (sulfide) groups is 1. The second kappa shape index (κ2) is 6.47. The van der Waals surface area contributed by atoms with Gasteiger partial charge in [-0.1, -0.05) is 41.9 Å². The maximum atomic E-state index is 6.34. The zero-order valence-corrected chi connectivity index (χ0v) is 12.8. The van der Waals surface area contributed by atoms with Gasteiger partial charge in [0.2, 0.25) is 0 Å². The first kappa shape index (κ1) is 14.4. The summed E-state index contributed by atoms with van der Waals surface area (Å²) in [6.07, 6.45) is 2.83. The van der Waals surface area contributed by atoms with Gasteiger partial charge in [-0.25, -0.2) is 0 Å². The SMILES string of the molecule is CSc1ccccc1C(N)Cc1ccc(C)cc1Cl. The third-order valence-electron chi connectivity index (χ3n) is 3.19. The van der Waals surface area contributed by atoms with Crippen LogP contribution in [0.15, 0.2) is 47.4 Å². The Morgan fingerprint density at radius 3 is 2.63 bits per heavy atom. The van der Waals surface area contributed by atoms with Crippen LogP contribution in [0.4, 0.5) is 0 Å². The predicted molar refractivity (Wildman–Crippen MR) is 85.0 cm³/mol. The van der Waals surface area contributed by atoms with E-state index < -0.39 is 0 Å². The van der Waals surface area contributed by atoms with Gasteiger partial charge in [0.1, 0.15) is 0 Å². The van der Waals surface area contributed by atoms with Crippen molar-refractivity contribution in [1.29, 1.82) is 0 Å². The van der Waals surface area contributed by atoms with Gasteiger partial charge in [0, 0.05) is 16.0 Å². The number of nitrogens with two attached hydrogens (primary N) is 1. The van der Waals surface area contributed by atoms with Crippen molar-refractivity contribution in [2.24, 2.45) is 5.73 Å². The number of halogens is 1. The lowest BCUT2D eigenvalue weighted by Crippen LogP contribution is -2.14. The van der Waals surface area contributed by atoms with E-state index in [0.717, 1.165) is 17.0 Å². The Morgan fingerprint density at radius 2 is 1.95 bits per heavy atom. The first-order valence-corrected chi connectivity index (χ1v) is 7.85. The summed E-state index contributed by atoms with van der Waals surface area (Å²) in [6.45, 7) is 2.04. The van der Waals surface area contributed by atoms with E-state index in [1.165, 1.54) is 16.0 Å². The van der Waals surface area contributed by atoms with E-state index in [9.17, 15) is 0 Å². The van der Waals surface area contributed by atoms with Gasteiger partial charge < -0.3 is 5.73 Å². The Balaban J connectivity index is 2.23. The van der Waals surface area contributed by atoms with Gasteiger partial charge in [0.15, 0.2) is 0 Å². The second-order valence-electron chi connectivity index (χ2n) is 4.65. The number of rotatable bonds is 4. The second-order valence-corrected chi connectivity index (χ2v) is 5.90. The van der Waals surface area contributed by atoms with E-state index in [1.807, 2.05) is 25.1 Å². The first-order chi connectivity index (χ1) is 9.11. The number of benzene rings is 2. The summed E-state index contributed by atoms with van der Waals surface area (Å²) >= 11 is 8.00. The molecule has 2 aromatic carbocycles. The lowest BCUT2D eigenvalue weighted by molar-refractivity contribution is 0.708. The third-order valence-corrected chi connectivity index (χ3v) is 4.35. The van der Waals surface area contributed by atoms with E-state index in [4.69, 9.17) is 17.3 Å². The largest absolute Gasteiger partial charge is 0.324 e. The molecule has 0 aromatic heterocycles. The van der Waals surface area contributed by atoms with Crippen molar-refractivity contribution in [3.05, 3.63) is 64.2 Å². The molecule has 1 nitrogen and oxygen atoms in total. The molecule has 0 saturated heterocycles. The molecule has 0 aliphatic heterocycles. The third kappa shape index (κ3) is 3.53. The van der Waals surface area contributed by atoms with Crippen LogP contribution >= 0.6 is 23.4 Å². The first-order valence-electron chi connectivity index (χ1n) is 6.25. The fraction of sp³-hybridized carbons (Fsp3) is 0.250. The van der Waals surface area contributed by atoms with Gasteiger partial charge in [-0.3, -0.25) is 0 Å². The molecule has 1 atom stereocenters. The van der Waals surface area contributed by atoms with Gasteiger partial charge in [0.25, 0.3) is 0 Å². The molecule has 0 aliphatic rings. The van der Waals surface area contributed by atoms with E-state index in [2.05, 4.69) is 30.5 Å². The monoisotopic (exact) mass is 291 g/mol. The Morgan fingerprint density at radius 1 is 1.21 bits per heavy atom. The van der Waals surface area contributed by atoms with Crippen LogP contribution in [0.1, 0.15) is 22.7 Å². The smallest absolute Gasteiger partial charge is 0.0441 e. The molecule has 0 heterocycles. The van der Waals surface area contributed by atoms with Gasteiger partial charge in [-0.2, -0.15) is 0 Å². The minimum Gasteiger partial charge on any atom is -0.324 e. The Bertz CT molecular complexity index is 568.